The van der Waals surface area contributed by atoms with E-state index in [9.17, 15) is 4.79 Å². The Hall–Kier alpha value is -1.32. The molecule has 2 atom stereocenters. The van der Waals surface area contributed by atoms with Crippen molar-refractivity contribution in [1.29, 1.82) is 0 Å². The van der Waals surface area contributed by atoms with Crippen LogP contribution < -0.4 is 11.1 Å². The van der Waals surface area contributed by atoms with Gasteiger partial charge in [0.05, 0.1) is 16.6 Å². The van der Waals surface area contributed by atoms with Crippen molar-refractivity contribution in [3.05, 3.63) is 40.9 Å². The summed E-state index contributed by atoms with van der Waals surface area (Å²) < 4.78 is 0. The van der Waals surface area contributed by atoms with E-state index < -0.39 is 0 Å². The van der Waals surface area contributed by atoms with E-state index in [-0.39, 0.29) is 17.9 Å². The van der Waals surface area contributed by atoms with Crippen molar-refractivity contribution in [2.24, 2.45) is 11.7 Å². The predicted octanol–water partition coefficient (Wildman–Crippen LogP) is 2.49. The van der Waals surface area contributed by atoms with Gasteiger partial charge in [-0.1, -0.05) is 35.9 Å². The summed E-state index contributed by atoms with van der Waals surface area (Å²) in [6.45, 7) is 1.91. The lowest BCUT2D eigenvalue weighted by Gasteiger charge is -2.13. The number of anilines is 1. The van der Waals surface area contributed by atoms with Gasteiger partial charge in [-0.05, 0) is 25.0 Å². The summed E-state index contributed by atoms with van der Waals surface area (Å²) in [4.78, 5) is 12.0. The molecule has 0 aliphatic heterocycles. The number of amides is 1. The molecule has 0 heterocycles. The summed E-state index contributed by atoms with van der Waals surface area (Å²) in [5.74, 6) is -0.203. The SMILES string of the molecule is Cc1cccc(Cl)c1NC(=O)C1C=CC(N)C1. The van der Waals surface area contributed by atoms with Crippen molar-refractivity contribution in [3.63, 3.8) is 0 Å². The van der Waals surface area contributed by atoms with Gasteiger partial charge in [0.15, 0.2) is 0 Å². The molecule has 0 bridgehead atoms. The molecular weight excluding hydrogens is 236 g/mol. The van der Waals surface area contributed by atoms with E-state index in [0.29, 0.717) is 17.1 Å². The first kappa shape index (κ1) is 12.1. The van der Waals surface area contributed by atoms with E-state index in [2.05, 4.69) is 5.32 Å². The number of rotatable bonds is 2. The highest BCUT2D eigenvalue weighted by molar-refractivity contribution is 6.34. The highest BCUT2D eigenvalue weighted by atomic mass is 35.5. The molecule has 0 radical (unpaired) electrons. The van der Waals surface area contributed by atoms with Crippen molar-refractivity contribution in [2.45, 2.75) is 19.4 Å². The highest BCUT2D eigenvalue weighted by Crippen LogP contribution is 2.27. The zero-order valence-corrected chi connectivity index (χ0v) is 10.4. The maximum absolute atomic E-state index is 12.0. The smallest absolute Gasteiger partial charge is 0.231 e. The lowest BCUT2D eigenvalue weighted by molar-refractivity contribution is -0.118. The molecule has 2 rings (SSSR count). The molecule has 3 nitrogen and oxygen atoms in total. The fourth-order valence-corrected chi connectivity index (χ4v) is 2.20. The van der Waals surface area contributed by atoms with Crippen molar-refractivity contribution in [1.82, 2.24) is 0 Å². The van der Waals surface area contributed by atoms with Gasteiger partial charge in [-0.25, -0.2) is 0 Å². The average molecular weight is 251 g/mol. The van der Waals surface area contributed by atoms with Gasteiger partial charge in [0, 0.05) is 6.04 Å². The molecule has 90 valence electrons. The highest BCUT2D eigenvalue weighted by Gasteiger charge is 2.23. The number of benzene rings is 1. The van der Waals surface area contributed by atoms with Gasteiger partial charge in [-0.3, -0.25) is 4.79 Å². The van der Waals surface area contributed by atoms with Gasteiger partial charge in [0.25, 0.3) is 0 Å². The number of halogens is 1. The molecule has 2 unspecified atom stereocenters. The zero-order chi connectivity index (χ0) is 12.4. The van der Waals surface area contributed by atoms with Gasteiger partial charge >= 0.3 is 0 Å². The van der Waals surface area contributed by atoms with Crippen LogP contribution in [0.15, 0.2) is 30.4 Å². The lowest BCUT2D eigenvalue weighted by atomic mass is 10.1. The van der Waals surface area contributed by atoms with Crippen molar-refractivity contribution >= 4 is 23.2 Å². The summed E-state index contributed by atoms with van der Waals surface area (Å²) >= 11 is 6.05. The van der Waals surface area contributed by atoms with Crippen LogP contribution in [-0.4, -0.2) is 11.9 Å². The van der Waals surface area contributed by atoms with Crippen LogP contribution in [-0.2, 0) is 4.79 Å². The van der Waals surface area contributed by atoms with Crippen LogP contribution in [0.5, 0.6) is 0 Å². The van der Waals surface area contributed by atoms with E-state index in [4.69, 9.17) is 17.3 Å². The summed E-state index contributed by atoms with van der Waals surface area (Å²) in [5.41, 5.74) is 7.37. The Morgan fingerprint density at radius 1 is 1.47 bits per heavy atom. The summed E-state index contributed by atoms with van der Waals surface area (Å²) in [7, 11) is 0. The van der Waals surface area contributed by atoms with Crippen LogP contribution in [0.1, 0.15) is 12.0 Å². The topological polar surface area (TPSA) is 55.1 Å². The van der Waals surface area contributed by atoms with Crippen molar-refractivity contribution in [3.8, 4) is 0 Å². The summed E-state index contributed by atoms with van der Waals surface area (Å²) in [5, 5.41) is 3.42. The standard InChI is InChI=1S/C13H15ClN2O/c1-8-3-2-4-11(14)12(8)16-13(17)9-5-6-10(15)7-9/h2-6,9-10H,7,15H2,1H3,(H,16,17). The Labute approximate surface area is 106 Å². The number of para-hydroxylation sites is 1. The van der Waals surface area contributed by atoms with E-state index >= 15 is 0 Å². The lowest BCUT2D eigenvalue weighted by Crippen LogP contribution is -2.24. The molecule has 1 aromatic rings. The molecular formula is C13H15ClN2O. The Bertz CT molecular complexity index is 450. The minimum atomic E-state index is -0.152. The molecule has 0 fully saturated rings. The molecule has 1 aromatic carbocycles. The normalized spacial score (nSPS) is 22.8. The van der Waals surface area contributed by atoms with Crippen LogP contribution >= 0.6 is 11.6 Å². The third kappa shape index (κ3) is 2.68. The first-order valence-electron chi connectivity index (χ1n) is 5.58. The average Bonchev–Trinajstić information content (AvgIpc) is 2.70. The van der Waals surface area contributed by atoms with E-state index in [1.54, 1.807) is 6.07 Å². The maximum Gasteiger partial charge on any atom is 0.231 e. The maximum atomic E-state index is 12.0. The monoisotopic (exact) mass is 250 g/mol. The molecule has 4 heteroatoms. The number of nitrogens with one attached hydrogen (secondary N) is 1. The van der Waals surface area contributed by atoms with Gasteiger partial charge < -0.3 is 11.1 Å². The molecule has 17 heavy (non-hydrogen) atoms. The minimum Gasteiger partial charge on any atom is -0.324 e. The largest absolute Gasteiger partial charge is 0.324 e. The number of aryl methyl sites for hydroxylation is 1. The third-order valence-corrected chi connectivity index (χ3v) is 3.24. The Balaban J connectivity index is 2.11. The fourth-order valence-electron chi connectivity index (χ4n) is 1.93. The van der Waals surface area contributed by atoms with Crippen molar-refractivity contribution < 1.29 is 4.79 Å². The number of nitrogens with two attached hydrogens (primary N) is 1. The molecule has 3 N–H and O–H groups in total. The van der Waals surface area contributed by atoms with Crippen molar-refractivity contribution in [2.75, 3.05) is 5.32 Å². The Kier molecular flexibility index (Phi) is 3.50. The minimum absolute atomic E-state index is 0.0157. The second-order valence-electron chi connectivity index (χ2n) is 4.31. The van der Waals surface area contributed by atoms with E-state index in [1.807, 2.05) is 31.2 Å². The Morgan fingerprint density at radius 2 is 2.24 bits per heavy atom. The van der Waals surface area contributed by atoms with E-state index in [0.717, 1.165) is 5.56 Å². The first-order valence-corrected chi connectivity index (χ1v) is 5.95. The van der Waals surface area contributed by atoms with Crippen LogP contribution in [0.2, 0.25) is 5.02 Å². The fraction of sp³-hybridized carbons (Fsp3) is 0.308. The summed E-state index contributed by atoms with van der Waals surface area (Å²) in [6, 6.07) is 5.52. The quantitative estimate of drug-likeness (QED) is 0.793. The second-order valence-corrected chi connectivity index (χ2v) is 4.72. The van der Waals surface area contributed by atoms with Gasteiger partial charge in [0.2, 0.25) is 5.91 Å². The number of carbonyl (C=O) groups excluding carboxylic acids is 1. The molecule has 0 spiro atoms. The Morgan fingerprint density at radius 3 is 2.82 bits per heavy atom. The number of hydrogen-bond acceptors (Lipinski definition) is 2. The third-order valence-electron chi connectivity index (χ3n) is 2.92. The predicted molar refractivity (Wildman–Crippen MR) is 70.0 cm³/mol. The van der Waals surface area contributed by atoms with Gasteiger partial charge in [-0.15, -0.1) is 0 Å². The van der Waals surface area contributed by atoms with Crippen LogP contribution in [0.4, 0.5) is 5.69 Å². The molecule has 1 amide bonds. The molecule has 0 saturated carbocycles. The molecule has 1 aliphatic carbocycles. The van der Waals surface area contributed by atoms with Crippen LogP contribution in [0.3, 0.4) is 0 Å². The molecule has 1 aliphatic rings. The second kappa shape index (κ2) is 4.90. The number of hydrogen-bond donors (Lipinski definition) is 2. The van der Waals surface area contributed by atoms with Gasteiger partial charge in [0.1, 0.15) is 0 Å². The summed E-state index contributed by atoms with van der Waals surface area (Å²) in [6.07, 6.45) is 4.38. The van der Waals surface area contributed by atoms with Gasteiger partial charge in [-0.2, -0.15) is 0 Å². The first-order chi connectivity index (χ1) is 8.08. The zero-order valence-electron chi connectivity index (χ0n) is 9.61. The number of carbonyl (C=O) groups is 1. The van der Waals surface area contributed by atoms with Crippen LogP contribution in [0, 0.1) is 12.8 Å². The van der Waals surface area contributed by atoms with E-state index in [1.165, 1.54) is 0 Å². The molecule has 0 saturated heterocycles. The molecule has 0 aromatic heterocycles. The van der Waals surface area contributed by atoms with Crippen LogP contribution in [0.25, 0.3) is 0 Å².